The van der Waals surface area contributed by atoms with E-state index < -0.39 is 69.8 Å². The van der Waals surface area contributed by atoms with Gasteiger partial charge in [-0.3, -0.25) is 19.2 Å². The lowest BCUT2D eigenvalue weighted by Crippen LogP contribution is -2.34. The highest BCUT2D eigenvalue weighted by molar-refractivity contribution is 5.92. The van der Waals surface area contributed by atoms with Crippen LogP contribution >= 0.6 is 0 Å². The fraction of sp³-hybridized carbons (Fsp3) is 0.532. The molecule has 4 amide bonds. The summed E-state index contributed by atoms with van der Waals surface area (Å²) in [5, 5.41) is 84.9. The third-order valence-corrected chi connectivity index (χ3v) is 17.2. The molecule has 120 heavy (non-hydrogen) atoms. The van der Waals surface area contributed by atoms with Crippen LogP contribution in [-0.4, -0.2) is 154 Å². The molecular formula is C94H164N4O22. The zero-order valence-corrected chi connectivity index (χ0v) is 65.4. The van der Waals surface area contributed by atoms with Crippen LogP contribution in [0.4, 0.5) is 21.0 Å². The Labute approximate surface area is 724 Å². The standard InChI is InChI=1S/2C16H22O6.2C15H22N2O4.2C10H14O.12CH4/c1-4-16(2,3)15(20)22-10-13(18)9-21-14(19)11-5-7-12(17)8-6-11;1-4-16(2,3)15(20)22-10-11(17)9-21-14(19)12-7-5-6-8-13(12)18;1-4-15(2,3)13(19)21-10-9-16-14(20)17-11-5-7-12(18)8-6-11;1-4-15(2,3)13(19)21-9-8-16-14(20)17-11-6-5-7-12(18)10-11;1-3-8(2)9-4-6-10(11)7-5-9;1-3-8(2)9-5-4-6-10(11)7-9;;;;;;;;;;;;/h5-8,13,17-18H,4,9-10H2,1-3H3;5-8,11,17-18H,4,9-10H2,1-3H3;5-8,18H,4,9-10H2,1-3H3,(H2,16,17,20);5-7,10,18H,4,8-9H2,1-3H3,(H2,16,17,20);2*4-8,11H,3H2,1-2H3;12*1H4. The van der Waals surface area contributed by atoms with Crippen LogP contribution < -0.4 is 21.3 Å². The molecule has 0 radical (unpaired) electrons. The van der Waals surface area contributed by atoms with Crippen LogP contribution in [0.2, 0.25) is 0 Å². The van der Waals surface area contributed by atoms with Gasteiger partial charge in [0.05, 0.1) is 40.3 Å². The summed E-state index contributed by atoms with van der Waals surface area (Å²) in [5.74, 6) is -0.852. The minimum atomic E-state index is -1.12. The number of phenolic OH excluding ortho intramolecular Hbond substituents is 6. The number of ether oxygens (including phenoxy) is 6. The molecule has 0 aliphatic rings. The number of carbonyl (C=O) groups is 8. The first-order valence-corrected chi connectivity index (χ1v) is 35.9. The van der Waals surface area contributed by atoms with Crippen molar-refractivity contribution in [2.45, 2.75) is 262 Å². The van der Waals surface area contributed by atoms with E-state index in [0.717, 1.165) is 12.8 Å². The Hall–Kier alpha value is -10.6. The molecule has 0 heterocycles. The van der Waals surface area contributed by atoms with Crippen molar-refractivity contribution in [1.82, 2.24) is 10.6 Å². The van der Waals surface area contributed by atoms with Gasteiger partial charge in [0.1, 0.15) is 91.9 Å². The zero-order valence-electron chi connectivity index (χ0n) is 65.4. The number of aliphatic hydroxyl groups is 2. The monoisotopic (exact) mass is 1700 g/mol. The van der Waals surface area contributed by atoms with E-state index >= 15 is 0 Å². The van der Waals surface area contributed by atoms with Gasteiger partial charge in [-0.05, 0) is 214 Å². The number of hydrogen-bond donors (Lipinski definition) is 12. The maximum Gasteiger partial charge on any atom is 0.342 e. The lowest BCUT2D eigenvalue weighted by Gasteiger charge is -2.21. The Morgan fingerprint density at radius 2 is 0.667 bits per heavy atom. The van der Waals surface area contributed by atoms with Gasteiger partial charge in [-0.2, -0.15) is 0 Å². The maximum absolute atomic E-state index is 11.7. The molecule has 0 fully saturated rings. The van der Waals surface area contributed by atoms with E-state index in [1.165, 1.54) is 71.8 Å². The van der Waals surface area contributed by atoms with Crippen molar-refractivity contribution in [3.63, 3.8) is 0 Å². The first-order chi connectivity index (χ1) is 50.7. The van der Waals surface area contributed by atoms with Crippen LogP contribution in [0.25, 0.3) is 0 Å². The number of amides is 4. The van der Waals surface area contributed by atoms with Crippen LogP contribution in [-0.2, 0) is 47.6 Å². The molecule has 6 aromatic rings. The number of aliphatic hydroxyl groups excluding tert-OH is 2. The second-order valence-corrected chi connectivity index (χ2v) is 27.7. The van der Waals surface area contributed by atoms with Crippen molar-refractivity contribution in [2.24, 2.45) is 21.7 Å². The van der Waals surface area contributed by atoms with Crippen LogP contribution in [0.1, 0.15) is 282 Å². The number of rotatable bonds is 30. The minimum absolute atomic E-state index is 0. The summed E-state index contributed by atoms with van der Waals surface area (Å²) < 4.78 is 30.0. The molecule has 26 heteroatoms. The van der Waals surface area contributed by atoms with E-state index in [0.29, 0.717) is 60.4 Å². The number of anilines is 2. The molecule has 4 unspecified atom stereocenters. The number of para-hydroxylation sites is 1. The molecule has 6 rings (SSSR count). The highest BCUT2D eigenvalue weighted by atomic mass is 16.6. The molecule has 0 aromatic heterocycles. The molecule has 0 saturated carbocycles. The van der Waals surface area contributed by atoms with Crippen molar-refractivity contribution in [1.29, 1.82) is 0 Å². The lowest BCUT2D eigenvalue weighted by atomic mass is 9.91. The fourth-order valence-corrected chi connectivity index (χ4v) is 7.75. The lowest BCUT2D eigenvalue weighted by molar-refractivity contribution is -0.158. The Bertz CT molecular complexity index is 3680. The molecular weight excluding hydrogens is 1540 g/mol. The average Bonchev–Trinajstić information content (AvgIpc) is 1.29. The highest BCUT2D eigenvalue weighted by Gasteiger charge is 2.31. The maximum atomic E-state index is 11.7. The number of esters is 6. The van der Waals surface area contributed by atoms with E-state index in [1.54, 1.807) is 82.3 Å². The number of carbonyl (C=O) groups excluding carboxylic acids is 8. The summed E-state index contributed by atoms with van der Waals surface area (Å²) in [4.78, 5) is 93.4. The predicted molar refractivity (Wildman–Crippen MR) is 494 cm³/mol. The first-order valence-electron chi connectivity index (χ1n) is 35.9. The second-order valence-electron chi connectivity index (χ2n) is 27.7. The predicted octanol–water partition coefficient (Wildman–Crippen LogP) is 22.2. The third-order valence-electron chi connectivity index (χ3n) is 17.2. The van der Waals surface area contributed by atoms with Gasteiger partial charge in [-0.15, -0.1) is 0 Å². The van der Waals surface area contributed by atoms with E-state index in [1.807, 2.05) is 85.7 Å². The van der Waals surface area contributed by atoms with Gasteiger partial charge in [-0.25, -0.2) is 19.2 Å². The molecule has 0 saturated heterocycles. The van der Waals surface area contributed by atoms with Gasteiger partial charge in [0.15, 0.2) is 0 Å². The number of nitrogens with one attached hydrogen (secondary N) is 4. The second kappa shape index (κ2) is 70.3. The fourth-order valence-electron chi connectivity index (χ4n) is 7.75. The quantitative estimate of drug-likeness (QED) is 0.00862. The summed E-state index contributed by atoms with van der Waals surface area (Å²) in [6, 6.07) is 37.9. The van der Waals surface area contributed by atoms with Crippen molar-refractivity contribution in [3.8, 4) is 34.5 Å². The summed E-state index contributed by atoms with van der Waals surface area (Å²) in [6.07, 6.45) is 2.68. The molecule has 26 nitrogen and oxygen atoms in total. The Morgan fingerprint density at radius 3 is 1.03 bits per heavy atom. The summed E-state index contributed by atoms with van der Waals surface area (Å²) in [6.45, 7) is 30.1. The highest BCUT2D eigenvalue weighted by Crippen LogP contribution is 2.27. The van der Waals surface area contributed by atoms with Gasteiger partial charge in [0.2, 0.25) is 0 Å². The van der Waals surface area contributed by atoms with Crippen LogP contribution in [0.5, 0.6) is 34.5 Å². The van der Waals surface area contributed by atoms with E-state index in [9.17, 15) is 58.8 Å². The SMILES string of the molecule is C.C.C.C.C.C.C.C.C.C.C.C.CCC(C)(C)C(=O)OCC(O)COC(=O)c1ccc(O)cc1.CCC(C)(C)C(=O)OCC(O)COC(=O)c1ccccc1O.CCC(C)(C)C(=O)OCCNC(=O)Nc1ccc(O)cc1.CCC(C)(C)C(=O)OCCNC(=O)Nc1cccc(O)c1.CCC(C)c1ccc(O)cc1.CCC(C)c1cccc(O)c1. The summed E-state index contributed by atoms with van der Waals surface area (Å²) in [7, 11) is 0. The van der Waals surface area contributed by atoms with E-state index in [4.69, 9.17) is 48.8 Å². The van der Waals surface area contributed by atoms with Crippen LogP contribution in [0, 0.1) is 21.7 Å². The van der Waals surface area contributed by atoms with E-state index in [2.05, 4.69) is 49.0 Å². The van der Waals surface area contributed by atoms with Crippen molar-refractivity contribution < 1.29 is 108 Å². The summed E-state index contributed by atoms with van der Waals surface area (Å²) >= 11 is 0. The van der Waals surface area contributed by atoms with Gasteiger partial charge in [0.25, 0.3) is 0 Å². The van der Waals surface area contributed by atoms with Gasteiger partial charge >= 0.3 is 47.9 Å². The minimum Gasteiger partial charge on any atom is -0.508 e. The topological polar surface area (TPSA) is 402 Å². The summed E-state index contributed by atoms with van der Waals surface area (Å²) in [5.41, 5.74) is 1.59. The Balaban J connectivity index is -0.000000116. The molecule has 12 N–H and O–H groups in total. The Morgan fingerprint density at radius 1 is 0.342 bits per heavy atom. The molecule has 0 bridgehead atoms. The number of benzene rings is 6. The molecule has 0 spiro atoms. The van der Waals surface area contributed by atoms with Crippen molar-refractivity contribution >= 4 is 59.3 Å². The smallest absolute Gasteiger partial charge is 0.342 e. The number of aromatic hydroxyl groups is 6. The molecule has 6 aromatic carbocycles. The van der Waals surface area contributed by atoms with Gasteiger partial charge in [-0.1, -0.05) is 187 Å². The van der Waals surface area contributed by atoms with Crippen LogP contribution in [0.3, 0.4) is 0 Å². The number of hydrogen-bond acceptors (Lipinski definition) is 22. The van der Waals surface area contributed by atoms with Crippen molar-refractivity contribution in [2.75, 3.05) is 63.4 Å². The van der Waals surface area contributed by atoms with Crippen molar-refractivity contribution in [3.05, 3.63) is 168 Å². The number of phenols is 6. The van der Waals surface area contributed by atoms with E-state index in [-0.39, 0.29) is 188 Å². The van der Waals surface area contributed by atoms with Crippen LogP contribution in [0.15, 0.2) is 146 Å². The largest absolute Gasteiger partial charge is 0.508 e. The van der Waals surface area contributed by atoms with Gasteiger partial charge in [0, 0.05) is 17.4 Å². The third kappa shape index (κ3) is 55.2. The molecule has 0 aliphatic carbocycles. The molecule has 0 aliphatic heterocycles. The number of urea groups is 2. The average molecular weight is 1700 g/mol. The zero-order chi connectivity index (χ0) is 81.8. The Kier molecular flexibility index (Phi) is 79.3. The molecule has 692 valence electrons. The van der Waals surface area contributed by atoms with Gasteiger partial charge < -0.3 is 90.5 Å². The first kappa shape index (κ1) is 136. The molecule has 4 atom stereocenters. The normalized spacial score (nSPS) is 10.8.